The summed E-state index contributed by atoms with van der Waals surface area (Å²) in [6, 6.07) is 5.38. The molecule has 98 valence electrons. The molecule has 0 aromatic heterocycles. The van der Waals surface area contributed by atoms with E-state index < -0.39 is 17.0 Å². The van der Waals surface area contributed by atoms with E-state index >= 15 is 0 Å². The van der Waals surface area contributed by atoms with Crippen molar-refractivity contribution in [2.75, 3.05) is 13.2 Å². The van der Waals surface area contributed by atoms with Gasteiger partial charge in [-0.25, -0.2) is 4.79 Å². The molecule has 0 radical (unpaired) electrons. The van der Waals surface area contributed by atoms with Crippen LogP contribution in [0, 0.1) is 10.1 Å². The molecule has 18 heavy (non-hydrogen) atoms. The van der Waals surface area contributed by atoms with Gasteiger partial charge in [0.25, 0.3) is 5.69 Å². The van der Waals surface area contributed by atoms with Crippen LogP contribution in [0.1, 0.15) is 6.92 Å². The zero-order chi connectivity index (χ0) is 13.5. The molecule has 1 aromatic rings. The molecule has 0 amide bonds. The quantitative estimate of drug-likeness (QED) is 0.585. The van der Waals surface area contributed by atoms with E-state index in [4.69, 9.17) is 14.6 Å². The Hall–Kier alpha value is -2.15. The first-order valence-corrected chi connectivity index (χ1v) is 5.26. The Morgan fingerprint density at radius 2 is 2.06 bits per heavy atom. The van der Waals surface area contributed by atoms with Crippen LogP contribution in [0.2, 0.25) is 0 Å². The third-order valence-corrected chi connectivity index (χ3v) is 2.09. The second kappa shape index (κ2) is 6.55. The normalized spacial score (nSPS) is 11.8. The van der Waals surface area contributed by atoms with Crippen LogP contribution in [0.3, 0.4) is 0 Å². The van der Waals surface area contributed by atoms with Gasteiger partial charge in [0.2, 0.25) is 0 Å². The molecular weight excluding hydrogens is 242 g/mol. The maximum absolute atomic E-state index is 10.8. The molecule has 0 saturated heterocycles. The number of carbonyl (C=O) groups is 1. The molecule has 1 aromatic carbocycles. The van der Waals surface area contributed by atoms with Gasteiger partial charge in [-0.1, -0.05) is 0 Å². The van der Waals surface area contributed by atoms with Gasteiger partial charge in [0.1, 0.15) is 12.4 Å². The minimum Gasteiger partial charge on any atom is -0.490 e. The van der Waals surface area contributed by atoms with Gasteiger partial charge >= 0.3 is 5.97 Å². The molecule has 0 bridgehead atoms. The van der Waals surface area contributed by atoms with Crippen molar-refractivity contribution in [1.82, 2.24) is 0 Å². The number of aliphatic carboxylic acids is 1. The molecule has 0 saturated carbocycles. The molecule has 1 unspecified atom stereocenters. The van der Waals surface area contributed by atoms with Crippen LogP contribution in [0.5, 0.6) is 5.75 Å². The summed E-state index contributed by atoms with van der Waals surface area (Å²) in [6.45, 7) is 1.80. The van der Waals surface area contributed by atoms with Crippen LogP contribution in [-0.4, -0.2) is 35.3 Å². The lowest BCUT2D eigenvalue weighted by molar-refractivity contribution is -0.384. The van der Waals surface area contributed by atoms with Crippen molar-refractivity contribution >= 4 is 11.7 Å². The van der Waals surface area contributed by atoms with E-state index in [0.29, 0.717) is 5.75 Å². The summed E-state index contributed by atoms with van der Waals surface area (Å²) in [5.41, 5.74) is -0.0538. The SMILES string of the molecule is CCOC(COc1ccc([N+](=O)[O-])cc1)C(=O)O. The van der Waals surface area contributed by atoms with Crippen molar-refractivity contribution in [3.05, 3.63) is 34.4 Å². The summed E-state index contributed by atoms with van der Waals surface area (Å²) in [5, 5.41) is 19.2. The Morgan fingerprint density at radius 1 is 1.44 bits per heavy atom. The number of carboxylic acid groups (broad SMARTS) is 1. The molecule has 0 heterocycles. The average molecular weight is 255 g/mol. The predicted molar refractivity (Wildman–Crippen MR) is 61.6 cm³/mol. The number of hydrogen-bond acceptors (Lipinski definition) is 5. The second-order valence-electron chi connectivity index (χ2n) is 3.34. The molecule has 1 rings (SSSR count). The van der Waals surface area contributed by atoms with E-state index in [2.05, 4.69) is 0 Å². The number of ether oxygens (including phenoxy) is 2. The molecule has 7 nitrogen and oxygen atoms in total. The summed E-state index contributed by atoms with van der Waals surface area (Å²) < 4.78 is 10.1. The van der Waals surface area contributed by atoms with Gasteiger partial charge in [-0.15, -0.1) is 0 Å². The van der Waals surface area contributed by atoms with Gasteiger partial charge in [-0.3, -0.25) is 10.1 Å². The summed E-state index contributed by atoms with van der Waals surface area (Å²) in [4.78, 5) is 20.7. The third kappa shape index (κ3) is 4.02. The lowest BCUT2D eigenvalue weighted by Gasteiger charge is -2.13. The Morgan fingerprint density at radius 3 is 2.50 bits per heavy atom. The Balaban J connectivity index is 2.56. The van der Waals surface area contributed by atoms with Gasteiger partial charge < -0.3 is 14.6 Å². The highest BCUT2D eigenvalue weighted by Crippen LogP contribution is 2.17. The fourth-order valence-corrected chi connectivity index (χ4v) is 1.23. The standard InChI is InChI=1S/C11H13NO6/c1-2-17-10(11(13)14)7-18-9-5-3-8(4-6-9)12(15)16/h3-6,10H,2,7H2,1H3,(H,13,14). The second-order valence-corrected chi connectivity index (χ2v) is 3.34. The van der Waals surface area contributed by atoms with E-state index in [1.54, 1.807) is 6.92 Å². The molecule has 1 N–H and O–H groups in total. The Kier molecular flexibility index (Phi) is 5.06. The molecular formula is C11H13NO6. The molecule has 7 heteroatoms. The van der Waals surface area contributed by atoms with Crippen molar-refractivity contribution in [3.8, 4) is 5.75 Å². The monoisotopic (exact) mass is 255 g/mol. The highest BCUT2D eigenvalue weighted by Gasteiger charge is 2.18. The molecule has 0 spiro atoms. The van der Waals surface area contributed by atoms with Crippen molar-refractivity contribution in [2.24, 2.45) is 0 Å². The third-order valence-electron chi connectivity index (χ3n) is 2.09. The zero-order valence-corrected chi connectivity index (χ0v) is 9.74. The molecule has 1 atom stereocenters. The number of non-ortho nitro benzene ring substituents is 1. The van der Waals surface area contributed by atoms with Gasteiger partial charge in [0, 0.05) is 18.7 Å². The fraction of sp³-hybridized carbons (Fsp3) is 0.364. The Bertz CT molecular complexity index is 416. The van der Waals surface area contributed by atoms with Gasteiger partial charge in [0.05, 0.1) is 4.92 Å². The minimum atomic E-state index is -1.11. The first-order valence-electron chi connectivity index (χ1n) is 5.26. The van der Waals surface area contributed by atoms with Crippen LogP contribution >= 0.6 is 0 Å². The van der Waals surface area contributed by atoms with Crippen molar-refractivity contribution in [1.29, 1.82) is 0 Å². The first kappa shape index (κ1) is 13.9. The summed E-state index contributed by atoms with van der Waals surface area (Å²) >= 11 is 0. The van der Waals surface area contributed by atoms with E-state index in [0.717, 1.165) is 0 Å². The van der Waals surface area contributed by atoms with Crippen molar-refractivity contribution in [2.45, 2.75) is 13.0 Å². The highest BCUT2D eigenvalue weighted by molar-refractivity contribution is 5.72. The van der Waals surface area contributed by atoms with E-state index in [9.17, 15) is 14.9 Å². The molecule has 0 aliphatic carbocycles. The van der Waals surface area contributed by atoms with E-state index in [-0.39, 0.29) is 18.9 Å². The zero-order valence-electron chi connectivity index (χ0n) is 9.74. The topological polar surface area (TPSA) is 98.9 Å². The minimum absolute atomic E-state index is 0.0538. The Labute approximate surface area is 103 Å². The molecule has 0 aliphatic rings. The van der Waals surface area contributed by atoms with Gasteiger partial charge in [-0.2, -0.15) is 0 Å². The molecule has 0 fully saturated rings. The number of hydrogen-bond donors (Lipinski definition) is 1. The average Bonchev–Trinajstić information content (AvgIpc) is 2.34. The van der Waals surface area contributed by atoms with Crippen LogP contribution in [0.4, 0.5) is 5.69 Å². The largest absolute Gasteiger partial charge is 0.490 e. The van der Waals surface area contributed by atoms with Crippen LogP contribution in [-0.2, 0) is 9.53 Å². The number of nitro benzene ring substituents is 1. The van der Waals surface area contributed by atoms with Crippen LogP contribution in [0.15, 0.2) is 24.3 Å². The number of benzene rings is 1. The van der Waals surface area contributed by atoms with Crippen LogP contribution < -0.4 is 4.74 Å². The van der Waals surface area contributed by atoms with E-state index in [1.165, 1.54) is 24.3 Å². The van der Waals surface area contributed by atoms with Crippen molar-refractivity contribution in [3.63, 3.8) is 0 Å². The number of carboxylic acids is 1. The van der Waals surface area contributed by atoms with Gasteiger partial charge in [0.15, 0.2) is 6.10 Å². The van der Waals surface area contributed by atoms with E-state index in [1.807, 2.05) is 0 Å². The smallest absolute Gasteiger partial charge is 0.336 e. The van der Waals surface area contributed by atoms with Crippen LogP contribution in [0.25, 0.3) is 0 Å². The summed E-state index contributed by atoms with van der Waals surface area (Å²) in [5.74, 6) is -0.759. The first-order chi connectivity index (χ1) is 8.54. The number of rotatable bonds is 7. The lowest BCUT2D eigenvalue weighted by Crippen LogP contribution is -2.30. The van der Waals surface area contributed by atoms with Gasteiger partial charge in [-0.05, 0) is 19.1 Å². The number of nitro groups is 1. The predicted octanol–water partition coefficient (Wildman–Crippen LogP) is 1.46. The maximum atomic E-state index is 10.8. The summed E-state index contributed by atoms with van der Waals surface area (Å²) in [7, 11) is 0. The lowest BCUT2D eigenvalue weighted by atomic mass is 10.3. The van der Waals surface area contributed by atoms with Crippen molar-refractivity contribution < 1.29 is 24.3 Å². The summed E-state index contributed by atoms with van der Waals surface area (Å²) in [6.07, 6.45) is -1.05. The fourth-order valence-electron chi connectivity index (χ4n) is 1.23. The molecule has 0 aliphatic heterocycles. The highest BCUT2D eigenvalue weighted by atomic mass is 16.6. The number of nitrogens with zero attached hydrogens (tertiary/aromatic N) is 1. The maximum Gasteiger partial charge on any atom is 0.336 e.